The molecule has 0 saturated heterocycles. The molecule has 0 aliphatic carbocycles. The number of primary amides is 1. The minimum Gasteiger partial charge on any atom is -0.507 e. The van der Waals surface area contributed by atoms with Gasteiger partial charge in [0.1, 0.15) is 5.75 Å². The van der Waals surface area contributed by atoms with Crippen molar-refractivity contribution in [3.8, 4) is 16.9 Å². The Hall–Kier alpha value is -2.62. The van der Waals surface area contributed by atoms with E-state index < -0.39 is 5.91 Å². The number of hydrogen-bond acceptors (Lipinski definition) is 3. The number of benzene rings is 2. The van der Waals surface area contributed by atoms with E-state index in [0.717, 1.165) is 11.1 Å². The number of phenols is 1. The second kappa shape index (κ2) is 4.94. The summed E-state index contributed by atoms with van der Waals surface area (Å²) in [5.74, 6) is -0.530. The van der Waals surface area contributed by atoms with Gasteiger partial charge in [-0.3, -0.25) is 9.59 Å². The van der Waals surface area contributed by atoms with Crippen LogP contribution in [0.2, 0.25) is 0 Å². The molecule has 19 heavy (non-hydrogen) atoms. The van der Waals surface area contributed by atoms with Gasteiger partial charge in [0, 0.05) is 5.56 Å². The lowest BCUT2D eigenvalue weighted by Crippen LogP contribution is -2.10. The second-order valence-electron chi connectivity index (χ2n) is 4.29. The van der Waals surface area contributed by atoms with Crippen molar-refractivity contribution in [3.05, 3.63) is 53.1 Å². The lowest BCUT2D eigenvalue weighted by Gasteiger charge is -2.08. The number of aryl methyl sites for hydroxylation is 1. The summed E-state index contributed by atoms with van der Waals surface area (Å²) in [5, 5.41) is 9.71. The van der Waals surface area contributed by atoms with Gasteiger partial charge in [0.05, 0.1) is 5.56 Å². The molecule has 0 aliphatic rings. The van der Waals surface area contributed by atoms with E-state index in [1.807, 2.05) is 6.07 Å². The zero-order valence-electron chi connectivity index (χ0n) is 10.4. The Morgan fingerprint density at radius 3 is 2.58 bits per heavy atom. The van der Waals surface area contributed by atoms with Gasteiger partial charge in [-0.15, -0.1) is 0 Å². The molecule has 0 spiro atoms. The van der Waals surface area contributed by atoms with Gasteiger partial charge in [0.15, 0.2) is 6.29 Å². The Labute approximate surface area is 110 Å². The average Bonchev–Trinajstić information content (AvgIpc) is 2.41. The predicted octanol–water partition coefficient (Wildman–Crippen LogP) is 2.28. The van der Waals surface area contributed by atoms with Crippen LogP contribution in [0.25, 0.3) is 11.1 Å². The van der Waals surface area contributed by atoms with E-state index in [1.165, 1.54) is 0 Å². The van der Waals surface area contributed by atoms with Crippen LogP contribution in [0.15, 0.2) is 36.4 Å². The van der Waals surface area contributed by atoms with Crippen LogP contribution in [0.5, 0.6) is 5.75 Å². The summed E-state index contributed by atoms with van der Waals surface area (Å²) in [6, 6.07) is 10.1. The fraction of sp³-hybridized carbons (Fsp3) is 0.0667. The van der Waals surface area contributed by atoms with Crippen molar-refractivity contribution >= 4 is 12.2 Å². The summed E-state index contributed by atoms with van der Waals surface area (Å²) in [6.45, 7) is 1.71. The fourth-order valence-corrected chi connectivity index (χ4v) is 1.92. The van der Waals surface area contributed by atoms with Crippen LogP contribution >= 0.6 is 0 Å². The molecular formula is C15H13NO3. The molecule has 0 atom stereocenters. The molecule has 2 rings (SSSR count). The lowest BCUT2D eigenvalue weighted by atomic mass is 9.98. The van der Waals surface area contributed by atoms with E-state index in [4.69, 9.17) is 5.73 Å². The molecule has 0 fully saturated rings. The number of aldehydes is 1. The van der Waals surface area contributed by atoms with Gasteiger partial charge in [-0.2, -0.15) is 0 Å². The average molecular weight is 255 g/mol. The Bertz CT molecular complexity index is 662. The van der Waals surface area contributed by atoms with E-state index in [9.17, 15) is 14.7 Å². The molecule has 0 radical (unpaired) electrons. The SMILES string of the molecule is Cc1cc(-c2cccc(C(N)=O)c2)cc(C=O)c1O. The highest BCUT2D eigenvalue weighted by Gasteiger charge is 2.09. The monoisotopic (exact) mass is 255 g/mol. The maximum absolute atomic E-state index is 11.2. The van der Waals surface area contributed by atoms with Gasteiger partial charge in [-0.05, 0) is 47.9 Å². The van der Waals surface area contributed by atoms with Crippen molar-refractivity contribution in [1.82, 2.24) is 0 Å². The maximum Gasteiger partial charge on any atom is 0.248 e. The lowest BCUT2D eigenvalue weighted by molar-refractivity contribution is 0.0999. The van der Waals surface area contributed by atoms with Crippen molar-refractivity contribution in [1.29, 1.82) is 0 Å². The van der Waals surface area contributed by atoms with E-state index >= 15 is 0 Å². The van der Waals surface area contributed by atoms with Gasteiger partial charge < -0.3 is 10.8 Å². The summed E-state index contributed by atoms with van der Waals surface area (Å²) < 4.78 is 0. The van der Waals surface area contributed by atoms with Gasteiger partial charge in [0.25, 0.3) is 0 Å². The first-order valence-corrected chi connectivity index (χ1v) is 5.72. The Morgan fingerprint density at radius 2 is 1.95 bits per heavy atom. The Balaban J connectivity index is 2.59. The van der Waals surface area contributed by atoms with Crippen LogP contribution in [-0.4, -0.2) is 17.3 Å². The minimum atomic E-state index is -0.507. The first-order valence-electron chi connectivity index (χ1n) is 5.72. The highest BCUT2D eigenvalue weighted by atomic mass is 16.3. The summed E-state index contributed by atoms with van der Waals surface area (Å²) in [7, 11) is 0. The third kappa shape index (κ3) is 2.47. The first-order chi connectivity index (χ1) is 9.02. The molecule has 3 N–H and O–H groups in total. The fourth-order valence-electron chi connectivity index (χ4n) is 1.92. The van der Waals surface area contributed by atoms with E-state index in [0.29, 0.717) is 17.4 Å². The van der Waals surface area contributed by atoms with Crippen LogP contribution in [0.1, 0.15) is 26.3 Å². The number of rotatable bonds is 3. The Kier molecular flexibility index (Phi) is 3.33. The number of hydrogen-bond donors (Lipinski definition) is 2. The Morgan fingerprint density at radius 1 is 1.21 bits per heavy atom. The largest absolute Gasteiger partial charge is 0.507 e. The van der Waals surface area contributed by atoms with Crippen molar-refractivity contribution < 1.29 is 14.7 Å². The summed E-state index contributed by atoms with van der Waals surface area (Å²) >= 11 is 0. The van der Waals surface area contributed by atoms with E-state index in [-0.39, 0.29) is 11.3 Å². The van der Waals surface area contributed by atoms with Crippen molar-refractivity contribution in [2.45, 2.75) is 6.92 Å². The molecule has 0 aliphatic heterocycles. The molecule has 2 aromatic carbocycles. The van der Waals surface area contributed by atoms with Crippen molar-refractivity contribution in [2.75, 3.05) is 0 Å². The van der Waals surface area contributed by atoms with Gasteiger partial charge in [-0.25, -0.2) is 0 Å². The number of phenolic OH excluding ortho intramolecular Hbond substituents is 1. The molecular weight excluding hydrogens is 242 g/mol. The van der Waals surface area contributed by atoms with E-state index in [1.54, 1.807) is 37.3 Å². The molecule has 4 heteroatoms. The predicted molar refractivity (Wildman–Crippen MR) is 72.2 cm³/mol. The number of aromatic hydroxyl groups is 1. The quantitative estimate of drug-likeness (QED) is 0.825. The first kappa shape index (κ1) is 12.8. The molecule has 0 unspecified atom stereocenters. The molecule has 0 aromatic heterocycles. The number of carbonyl (C=O) groups excluding carboxylic acids is 2. The topological polar surface area (TPSA) is 80.4 Å². The third-order valence-corrected chi connectivity index (χ3v) is 2.94. The van der Waals surface area contributed by atoms with Crippen LogP contribution in [0.4, 0.5) is 0 Å². The smallest absolute Gasteiger partial charge is 0.248 e. The van der Waals surface area contributed by atoms with Crippen LogP contribution in [-0.2, 0) is 0 Å². The number of carbonyl (C=O) groups is 2. The number of nitrogens with two attached hydrogens (primary N) is 1. The van der Waals surface area contributed by atoms with Gasteiger partial charge >= 0.3 is 0 Å². The molecule has 0 heterocycles. The molecule has 1 amide bonds. The maximum atomic E-state index is 11.2. The van der Waals surface area contributed by atoms with Crippen LogP contribution in [0, 0.1) is 6.92 Å². The molecule has 0 bridgehead atoms. The normalized spacial score (nSPS) is 10.2. The zero-order chi connectivity index (χ0) is 14.0. The number of amides is 1. The summed E-state index contributed by atoms with van der Waals surface area (Å²) in [6.07, 6.45) is 0.601. The minimum absolute atomic E-state index is 0.0233. The van der Waals surface area contributed by atoms with Gasteiger partial charge in [0.2, 0.25) is 5.91 Å². The second-order valence-corrected chi connectivity index (χ2v) is 4.29. The molecule has 2 aromatic rings. The molecule has 0 saturated carbocycles. The van der Waals surface area contributed by atoms with Crippen LogP contribution < -0.4 is 5.73 Å². The molecule has 96 valence electrons. The molecule has 4 nitrogen and oxygen atoms in total. The van der Waals surface area contributed by atoms with Gasteiger partial charge in [-0.1, -0.05) is 12.1 Å². The van der Waals surface area contributed by atoms with Crippen molar-refractivity contribution in [3.63, 3.8) is 0 Å². The van der Waals surface area contributed by atoms with E-state index in [2.05, 4.69) is 0 Å². The summed E-state index contributed by atoms with van der Waals surface area (Å²) in [5.41, 5.74) is 7.97. The zero-order valence-corrected chi connectivity index (χ0v) is 10.4. The highest BCUT2D eigenvalue weighted by Crippen LogP contribution is 2.29. The third-order valence-electron chi connectivity index (χ3n) is 2.94. The van der Waals surface area contributed by atoms with Crippen molar-refractivity contribution in [2.24, 2.45) is 5.73 Å². The van der Waals surface area contributed by atoms with Crippen LogP contribution in [0.3, 0.4) is 0 Å². The standard InChI is InChI=1S/C15H13NO3/c1-9-5-12(7-13(8-17)14(9)18)10-3-2-4-11(6-10)15(16)19/h2-8,18H,1H3,(H2,16,19). The summed E-state index contributed by atoms with van der Waals surface area (Å²) in [4.78, 5) is 22.1. The highest BCUT2D eigenvalue weighted by molar-refractivity contribution is 5.94.